The Kier molecular flexibility index (Phi) is 4.72. The average molecular weight is 411 g/mol. The molecule has 0 bridgehead atoms. The van der Waals surface area contributed by atoms with Crippen LogP contribution in [0.15, 0.2) is 48.1 Å². The number of para-hydroxylation sites is 1. The van der Waals surface area contributed by atoms with Gasteiger partial charge in [0.05, 0.1) is 5.69 Å². The molecule has 1 fully saturated rings. The van der Waals surface area contributed by atoms with Crippen LogP contribution in [0.1, 0.15) is 18.4 Å². The lowest BCUT2D eigenvalue weighted by molar-refractivity contribution is 0.332. The van der Waals surface area contributed by atoms with Crippen molar-refractivity contribution in [3.8, 4) is 11.4 Å². The van der Waals surface area contributed by atoms with Crippen LogP contribution in [0.4, 0.5) is 11.6 Å². The molecule has 0 amide bonds. The van der Waals surface area contributed by atoms with Crippen molar-refractivity contribution < 1.29 is 0 Å². The number of anilines is 2. The molecule has 5 rings (SSSR count). The first-order valence-electron chi connectivity index (χ1n) is 9.30. The molecule has 1 N–H and O–H groups in total. The smallest absolute Gasteiger partial charge is 0.227 e. The van der Waals surface area contributed by atoms with Crippen molar-refractivity contribution in [1.29, 1.82) is 0 Å². The Bertz CT molecular complexity index is 1110. The summed E-state index contributed by atoms with van der Waals surface area (Å²) >= 11 is 7.91. The molecule has 8 heteroatoms. The third-order valence-corrected chi connectivity index (χ3v) is 5.99. The number of nitrogens with zero attached hydrogens (tertiary/aromatic N) is 5. The Morgan fingerprint density at radius 3 is 2.86 bits per heavy atom. The van der Waals surface area contributed by atoms with Gasteiger partial charge in [0.2, 0.25) is 5.95 Å². The molecule has 142 valence electrons. The minimum atomic E-state index is 0.450. The van der Waals surface area contributed by atoms with Gasteiger partial charge in [0.15, 0.2) is 10.1 Å². The van der Waals surface area contributed by atoms with E-state index in [1.165, 1.54) is 18.4 Å². The summed E-state index contributed by atoms with van der Waals surface area (Å²) in [6.07, 6.45) is 6.26. The maximum Gasteiger partial charge on any atom is 0.227 e. The number of aromatic nitrogens is 4. The van der Waals surface area contributed by atoms with Crippen LogP contribution < -0.4 is 5.32 Å². The predicted octanol–water partition coefficient (Wildman–Crippen LogP) is 4.85. The lowest BCUT2D eigenvalue weighted by Crippen LogP contribution is -2.19. The summed E-state index contributed by atoms with van der Waals surface area (Å²) < 4.78 is 1.96. The first kappa shape index (κ1) is 17.6. The van der Waals surface area contributed by atoms with E-state index in [-0.39, 0.29) is 0 Å². The van der Waals surface area contributed by atoms with E-state index in [2.05, 4.69) is 38.4 Å². The maximum atomic E-state index is 6.36. The summed E-state index contributed by atoms with van der Waals surface area (Å²) in [5.74, 6) is 0.549. The van der Waals surface area contributed by atoms with Crippen molar-refractivity contribution in [3.05, 3.63) is 58.8 Å². The van der Waals surface area contributed by atoms with E-state index in [1.807, 2.05) is 28.1 Å². The SMILES string of the molecule is Clc1nc2sccn2c1-c1ccnc(Nc2ccccc2CN2CCCC2)n1. The molecule has 4 aromatic rings. The summed E-state index contributed by atoms with van der Waals surface area (Å²) in [6.45, 7) is 3.26. The lowest BCUT2D eigenvalue weighted by Gasteiger charge is -2.18. The molecular formula is C20H19ClN6S. The van der Waals surface area contributed by atoms with E-state index < -0.39 is 0 Å². The lowest BCUT2D eigenvalue weighted by atomic mass is 10.1. The number of thiazole rings is 1. The number of imidazole rings is 1. The van der Waals surface area contributed by atoms with Gasteiger partial charge in [0, 0.05) is 30.0 Å². The summed E-state index contributed by atoms with van der Waals surface area (Å²) in [6, 6.07) is 10.2. The van der Waals surface area contributed by atoms with E-state index in [9.17, 15) is 0 Å². The van der Waals surface area contributed by atoms with Crippen LogP contribution in [0.25, 0.3) is 16.3 Å². The third-order valence-electron chi connectivity index (χ3n) is 4.97. The van der Waals surface area contributed by atoms with Crippen molar-refractivity contribution >= 4 is 39.5 Å². The van der Waals surface area contributed by atoms with E-state index in [4.69, 9.17) is 16.6 Å². The van der Waals surface area contributed by atoms with Crippen molar-refractivity contribution in [2.24, 2.45) is 0 Å². The van der Waals surface area contributed by atoms with Gasteiger partial charge in [0.25, 0.3) is 0 Å². The molecule has 0 radical (unpaired) electrons. The fourth-order valence-electron chi connectivity index (χ4n) is 3.62. The highest BCUT2D eigenvalue weighted by Crippen LogP contribution is 2.30. The highest BCUT2D eigenvalue weighted by molar-refractivity contribution is 7.15. The van der Waals surface area contributed by atoms with E-state index in [0.717, 1.165) is 41.7 Å². The molecule has 0 saturated carbocycles. The third kappa shape index (κ3) is 3.37. The molecule has 1 saturated heterocycles. The van der Waals surface area contributed by atoms with Crippen molar-refractivity contribution in [1.82, 2.24) is 24.3 Å². The van der Waals surface area contributed by atoms with E-state index >= 15 is 0 Å². The zero-order chi connectivity index (χ0) is 18.9. The van der Waals surface area contributed by atoms with Gasteiger partial charge in [0.1, 0.15) is 5.69 Å². The van der Waals surface area contributed by atoms with E-state index in [1.54, 1.807) is 17.5 Å². The second kappa shape index (κ2) is 7.50. The molecule has 6 nitrogen and oxygen atoms in total. The largest absolute Gasteiger partial charge is 0.324 e. The highest BCUT2D eigenvalue weighted by Gasteiger charge is 2.17. The number of halogens is 1. The summed E-state index contributed by atoms with van der Waals surface area (Å²) in [5.41, 5.74) is 3.81. The van der Waals surface area contributed by atoms with E-state index in [0.29, 0.717) is 11.1 Å². The first-order valence-corrected chi connectivity index (χ1v) is 10.6. The molecule has 4 heterocycles. The molecule has 1 aromatic carbocycles. The van der Waals surface area contributed by atoms with Crippen LogP contribution in [0.5, 0.6) is 0 Å². The summed E-state index contributed by atoms with van der Waals surface area (Å²) in [7, 11) is 0. The van der Waals surface area contributed by atoms with Crippen molar-refractivity contribution in [2.75, 3.05) is 18.4 Å². The number of rotatable bonds is 5. The number of nitrogens with one attached hydrogen (secondary N) is 1. The number of fused-ring (bicyclic) bond motifs is 1. The minimum absolute atomic E-state index is 0.450. The number of hydrogen-bond donors (Lipinski definition) is 1. The van der Waals surface area contributed by atoms with Crippen LogP contribution in [0.2, 0.25) is 5.15 Å². The van der Waals surface area contributed by atoms with Crippen LogP contribution in [0.3, 0.4) is 0 Å². The van der Waals surface area contributed by atoms with Gasteiger partial charge in [-0.15, -0.1) is 11.3 Å². The number of likely N-dealkylation sites (tertiary alicyclic amines) is 1. The monoisotopic (exact) mass is 410 g/mol. The Balaban J connectivity index is 1.45. The van der Waals surface area contributed by atoms with Crippen molar-refractivity contribution in [3.63, 3.8) is 0 Å². The highest BCUT2D eigenvalue weighted by atomic mass is 35.5. The molecular weight excluding hydrogens is 392 g/mol. The zero-order valence-electron chi connectivity index (χ0n) is 15.2. The summed E-state index contributed by atoms with van der Waals surface area (Å²) in [4.78, 5) is 16.8. The maximum absolute atomic E-state index is 6.36. The Morgan fingerprint density at radius 2 is 1.96 bits per heavy atom. The molecule has 0 spiro atoms. The fourth-order valence-corrected chi connectivity index (χ4v) is 4.65. The predicted molar refractivity (Wildman–Crippen MR) is 113 cm³/mol. The van der Waals surface area contributed by atoms with Crippen LogP contribution in [-0.4, -0.2) is 37.3 Å². The summed E-state index contributed by atoms with van der Waals surface area (Å²) in [5, 5.41) is 5.82. The Morgan fingerprint density at radius 1 is 1.11 bits per heavy atom. The standard InChI is InChI=1S/C20H19ClN6S/c21-18-17(27-11-12-28-20(27)25-18)16-7-8-22-19(24-16)23-15-6-2-1-5-14(15)13-26-9-3-4-10-26/h1-2,5-8,11-12H,3-4,9-10,13H2,(H,22,23,24). The molecule has 1 aliphatic heterocycles. The molecule has 0 aliphatic carbocycles. The van der Waals surface area contributed by atoms with Gasteiger partial charge < -0.3 is 5.32 Å². The average Bonchev–Trinajstić information content (AvgIpc) is 3.41. The van der Waals surface area contributed by atoms with Crippen LogP contribution >= 0.6 is 22.9 Å². The number of hydrogen-bond acceptors (Lipinski definition) is 6. The topological polar surface area (TPSA) is 58.4 Å². The number of benzene rings is 1. The van der Waals surface area contributed by atoms with Crippen LogP contribution in [-0.2, 0) is 6.54 Å². The Hall–Kier alpha value is -2.48. The molecule has 0 unspecified atom stereocenters. The molecule has 1 aliphatic rings. The van der Waals surface area contributed by atoms with Gasteiger partial charge >= 0.3 is 0 Å². The van der Waals surface area contributed by atoms with Crippen molar-refractivity contribution in [2.45, 2.75) is 19.4 Å². The molecule has 3 aromatic heterocycles. The van der Waals surface area contributed by atoms with Gasteiger partial charge in [-0.05, 0) is 43.6 Å². The van der Waals surface area contributed by atoms with Gasteiger partial charge in [-0.1, -0.05) is 29.8 Å². The minimum Gasteiger partial charge on any atom is -0.324 e. The molecule has 0 atom stereocenters. The normalized spacial score (nSPS) is 14.8. The van der Waals surface area contributed by atoms with Gasteiger partial charge in [-0.2, -0.15) is 0 Å². The fraction of sp³-hybridized carbons (Fsp3) is 0.250. The van der Waals surface area contributed by atoms with Gasteiger partial charge in [-0.3, -0.25) is 9.30 Å². The quantitative estimate of drug-likeness (QED) is 0.509. The molecule has 28 heavy (non-hydrogen) atoms. The first-order chi connectivity index (χ1) is 13.8. The second-order valence-electron chi connectivity index (χ2n) is 6.84. The van der Waals surface area contributed by atoms with Crippen LogP contribution in [0, 0.1) is 0 Å². The second-order valence-corrected chi connectivity index (χ2v) is 8.07. The zero-order valence-corrected chi connectivity index (χ0v) is 16.7. The van der Waals surface area contributed by atoms with Gasteiger partial charge in [-0.25, -0.2) is 15.0 Å². The Labute approximate surface area is 171 Å².